The van der Waals surface area contributed by atoms with E-state index in [4.69, 9.17) is 4.74 Å². The molecule has 1 aromatic heterocycles. The molecule has 1 aliphatic heterocycles. The van der Waals surface area contributed by atoms with Crippen LogP contribution in [0.4, 0.5) is 4.79 Å². The third kappa shape index (κ3) is 5.23. The molecule has 0 spiro atoms. The van der Waals surface area contributed by atoms with E-state index in [1.807, 2.05) is 38.2 Å². The van der Waals surface area contributed by atoms with Gasteiger partial charge < -0.3 is 19.5 Å². The van der Waals surface area contributed by atoms with Crippen LogP contribution >= 0.6 is 0 Å². The number of hydrogen-bond donors (Lipinski definition) is 1. The zero-order valence-corrected chi connectivity index (χ0v) is 14.8. The minimum Gasteiger partial charge on any atom is -0.444 e. The Kier molecular flexibility index (Phi) is 6.04. The number of carbonyl (C=O) groups is 1. The normalized spacial score (nSPS) is 18.4. The third-order valence-corrected chi connectivity index (χ3v) is 4.10. The van der Waals surface area contributed by atoms with Crippen LogP contribution in [0.15, 0.2) is 12.5 Å². The Labute approximate surface area is 139 Å². The quantitative estimate of drug-likeness (QED) is 0.818. The first-order valence-corrected chi connectivity index (χ1v) is 8.60. The highest BCUT2D eigenvalue weighted by molar-refractivity contribution is 5.68. The van der Waals surface area contributed by atoms with Crippen molar-refractivity contribution in [1.82, 2.24) is 19.8 Å². The number of amides is 1. The number of rotatable bonds is 6. The van der Waals surface area contributed by atoms with Crippen LogP contribution in [0, 0.1) is 0 Å². The van der Waals surface area contributed by atoms with Gasteiger partial charge in [-0.2, -0.15) is 0 Å². The zero-order chi connectivity index (χ0) is 16.9. The van der Waals surface area contributed by atoms with Crippen LogP contribution in [0.25, 0.3) is 0 Å². The molecule has 1 N–H and O–H groups in total. The maximum absolute atomic E-state index is 12.2. The van der Waals surface area contributed by atoms with Gasteiger partial charge in [0, 0.05) is 31.9 Å². The first-order chi connectivity index (χ1) is 10.9. The van der Waals surface area contributed by atoms with Gasteiger partial charge in [-0.25, -0.2) is 9.78 Å². The van der Waals surface area contributed by atoms with Gasteiger partial charge in [-0.15, -0.1) is 0 Å². The number of likely N-dealkylation sites (tertiary alicyclic amines) is 1. The first kappa shape index (κ1) is 17.8. The summed E-state index contributed by atoms with van der Waals surface area (Å²) in [6, 6.07) is 0.286. The molecule has 2 heterocycles. The van der Waals surface area contributed by atoms with Crippen LogP contribution in [0.2, 0.25) is 0 Å². The van der Waals surface area contributed by atoms with Crippen molar-refractivity contribution in [3.05, 3.63) is 18.2 Å². The molecule has 2 rings (SSSR count). The highest BCUT2D eigenvalue weighted by atomic mass is 16.6. The number of aromatic nitrogens is 2. The smallest absolute Gasteiger partial charge is 0.410 e. The molecule has 1 atom stereocenters. The topological polar surface area (TPSA) is 59.4 Å². The van der Waals surface area contributed by atoms with Crippen molar-refractivity contribution in [2.24, 2.45) is 0 Å². The molecule has 1 saturated heterocycles. The maximum Gasteiger partial charge on any atom is 0.410 e. The molecule has 1 fully saturated rings. The molecular weight excluding hydrogens is 292 g/mol. The van der Waals surface area contributed by atoms with Gasteiger partial charge in [-0.3, -0.25) is 0 Å². The predicted octanol–water partition coefficient (Wildman–Crippen LogP) is 2.78. The van der Waals surface area contributed by atoms with Crippen LogP contribution in [0.5, 0.6) is 0 Å². The molecule has 0 radical (unpaired) electrons. The van der Waals surface area contributed by atoms with E-state index in [1.165, 1.54) is 5.69 Å². The number of imidazole rings is 1. The molecule has 1 aromatic rings. The second-order valence-electron chi connectivity index (χ2n) is 7.11. The summed E-state index contributed by atoms with van der Waals surface area (Å²) in [5.74, 6) is 0. The van der Waals surface area contributed by atoms with E-state index in [0.29, 0.717) is 0 Å². The summed E-state index contributed by atoms with van der Waals surface area (Å²) in [4.78, 5) is 18.3. The molecule has 130 valence electrons. The summed E-state index contributed by atoms with van der Waals surface area (Å²) >= 11 is 0. The van der Waals surface area contributed by atoms with E-state index in [1.54, 1.807) is 0 Å². The van der Waals surface area contributed by atoms with E-state index in [-0.39, 0.29) is 12.1 Å². The van der Waals surface area contributed by atoms with Crippen LogP contribution < -0.4 is 5.32 Å². The van der Waals surface area contributed by atoms with E-state index in [9.17, 15) is 4.79 Å². The Balaban J connectivity index is 1.75. The molecule has 0 bridgehead atoms. The van der Waals surface area contributed by atoms with E-state index in [2.05, 4.69) is 21.8 Å². The van der Waals surface area contributed by atoms with E-state index >= 15 is 0 Å². The molecule has 6 heteroatoms. The largest absolute Gasteiger partial charge is 0.444 e. The fourth-order valence-electron chi connectivity index (χ4n) is 2.96. The van der Waals surface area contributed by atoms with Gasteiger partial charge in [0.25, 0.3) is 0 Å². The summed E-state index contributed by atoms with van der Waals surface area (Å²) in [5.41, 5.74) is 0.768. The molecule has 1 unspecified atom stereocenters. The summed E-state index contributed by atoms with van der Waals surface area (Å²) in [6.07, 6.45) is 6.67. The van der Waals surface area contributed by atoms with Gasteiger partial charge >= 0.3 is 6.09 Å². The number of hydrogen-bond acceptors (Lipinski definition) is 4. The number of ether oxygens (including phenoxy) is 1. The molecule has 1 amide bonds. The van der Waals surface area contributed by atoms with Crippen molar-refractivity contribution in [3.8, 4) is 0 Å². The van der Waals surface area contributed by atoms with Crippen molar-refractivity contribution >= 4 is 6.09 Å². The lowest BCUT2D eigenvalue weighted by atomic mass is 10.1. The maximum atomic E-state index is 12.2. The van der Waals surface area contributed by atoms with E-state index < -0.39 is 5.60 Å². The van der Waals surface area contributed by atoms with Crippen LogP contribution in [0.3, 0.4) is 0 Å². The van der Waals surface area contributed by atoms with Gasteiger partial charge in [0.15, 0.2) is 0 Å². The van der Waals surface area contributed by atoms with Crippen LogP contribution in [-0.4, -0.2) is 45.3 Å². The van der Waals surface area contributed by atoms with Gasteiger partial charge in [0.2, 0.25) is 0 Å². The summed E-state index contributed by atoms with van der Waals surface area (Å²) in [5, 5.41) is 3.46. The second kappa shape index (κ2) is 7.81. The molecule has 6 nitrogen and oxygen atoms in total. The first-order valence-electron chi connectivity index (χ1n) is 8.60. The van der Waals surface area contributed by atoms with Gasteiger partial charge in [-0.05, 0) is 53.5 Å². The molecule has 0 saturated carbocycles. The Hall–Kier alpha value is -1.56. The molecule has 1 aliphatic rings. The molecule has 0 aliphatic carbocycles. The molecular formula is C17H30N4O2. The standard InChI is InChI=1S/C17H30N4O2/c1-5-20-13-19-12-15(20)11-18-9-8-14-7-6-10-21(14)16(22)23-17(2,3)4/h12-14,18H,5-11H2,1-4H3. The third-order valence-electron chi connectivity index (χ3n) is 4.10. The second-order valence-corrected chi connectivity index (χ2v) is 7.11. The van der Waals surface area contributed by atoms with Crippen LogP contribution in [-0.2, 0) is 17.8 Å². The minimum atomic E-state index is -0.430. The minimum absolute atomic E-state index is 0.177. The lowest BCUT2D eigenvalue weighted by Crippen LogP contribution is -2.40. The van der Waals surface area contributed by atoms with Gasteiger partial charge in [0.05, 0.1) is 12.0 Å². The number of aryl methyl sites for hydroxylation is 1. The van der Waals surface area contributed by atoms with E-state index in [0.717, 1.165) is 45.4 Å². The summed E-state index contributed by atoms with van der Waals surface area (Å²) < 4.78 is 7.64. The lowest BCUT2D eigenvalue weighted by Gasteiger charge is -2.28. The molecule has 0 aromatic carbocycles. The van der Waals surface area contributed by atoms with Crippen molar-refractivity contribution in [1.29, 1.82) is 0 Å². The average molecular weight is 322 g/mol. The Morgan fingerprint density at radius 1 is 1.48 bits per heavy atom. The highest BCUT2D eigenvalue weighted by Crippen LogP contribution is 2.22. The summed E-state index contributed by atoms with van der Waals surface area (Å²) in [7, 11) is 0. The van der Waals surface area contributed by atoms with Crippen LogP contribution in [0.1, 0.15) is 52.7 Å². The SMILES string of the molecule is CCn1cncc1CNCCC1CCCN1C(=O)OC(C)(C)C. The van der Waals surface area contributed by atoms with Gasteiger partial charge in [0.1, 0.15) is 5.60 Å². The average Bonchev–Trinajstić information content (AvgIpc) is 3.10. The Bertz CT molecular complexity index is 507. The van der Waals surface area contributed by atoms with Gasteiger partial charge in [-0.1, -0.05) is 0 Å². The van der Waals surface area contributed by atoms with Crippen molar-refractivity contribution in [3.63, 3.8) is 0 Å². The summed E-state index contributed by atoms with van der Waals surface area (Å²) in [6.45, 7) is 11.3. The monoisotopic (exact) mass is 322 g/mol. The zero-order valence-electron chi connectivity index (χ0n) is 14.8. The fraction of sp³-hybridized carbons (Fsp3) is 0.765. The number of nitrogens with zero attached hydrogens (tertiary/aromatic N) is 3. The number of carbonyl (C=O) groups excluding carboxylic acids is 1. The van der Waals surface area contributed by atoms with Crippen molar-refractivity contribution in [2.75, 3.05) is 13.1 Å². The fourth-order valence-corrected chi connectivity index (χ4v) is 2.96. The Morgan fingerprint density at radius 2 is 2.26 bits per heavy atom. The lowest BCUT2D eigenvalue weighted by molar-refractivity contribution is 0.0220. The van der Waals surface area contributed by atoms with Crippen molar-refractivity contribution < 1.29 is 9.53 Å². The number of nitrogens with one attached hydrogen (secondary N) is 1. The molecule has 23 heavy (non-hydrogen) atoms. The van der Waals surface area contributed by atoms with Crippen molar-refractivity contribution in [2.45, 2.75) is 71.7 Å². The highest BCUT2D eigenvalue weighted by Gasteiger charge is 2.31. The Morgan fingerprint density at radius 3 is 2.96 bits per heavy atom. The predicted molar refractivity (Wildman–Crippen MR) is 90.2 cm³/mol.